The van der Waals surface area contributed by atoms with Gasteiger partial charge in [0.2, 0.25) is 0 Å². The van der Waals surface area contributed by atoms with E-state index in [-0.39, 0.29) is 32.0 Å². The molecule has 1 fully saturated rings. The zero-order valence-corrected chi connectivity index (χ0v) is 39.7. The second-order valence-corrected chi connectivity index (χ2v) is 18.3. The van der Waals surface area contributed by atoms with E-state index in [0.29, 0.717) is 6.42 Å². The number of carbonyl (C=O) groups excluding carboxylic acids is 2. The fourth-order valence-electron chi connectivity index (χ4n) is 8.37. The summed E-state index contributed by atoms with van der Waals surface area (Å²) in [7, 11) is 0. The predicted octanol–water partition coefficient (Wildman–Crippen LogP) is 12.1. The van der Waals surface area contributed by atoms with E-state index in [0.717, 1.165) is 32.1 Å². The van der Waals surface area contributed by atoms with E-state index in [9.17, 15) is 30.0 Å². The average molecular weight is 871 g/mol. The van der Waals surface area contributed by atoms with Gasteiger partial charge in [0.25, 0.3) is 0 Å². The average Bonchev–Trinajstić information content (AvgIpc) is 3.26. The molecule has 0 amide bonds. The van der Waals surface area contributed by atoms with E-state index in [1.54, 1.807) is 0 Å². The summed E-state index contributed by atoms with van der Waals surface area (Å²) in [5.41, 5.74) is 0. The molecule has 0 aromatic carbocycles. The first-order valence-electron chi connectivity index (χ1n) is 26.1. The van der Waals surface area contributed by atoms with E-state index >= 15 is 0 Å². The highest BCUT2D eigenvalue weighted by molar-refractivity contribution is 5.70. The minimum absolute atomic E-state index is 0.208. The molecule has 0 aromatic rings. The number of esters is 2. The summed E-state index contributed by atoms with van der Waals surface area (Å²) in [5, 5.41) is 40.2. The predicted molar refractivity (Wildman–Crippen MR) is 247 cm³/mol. The topological polar surface area (TPSA) is 152 Å². The fraction of sp³-hybridized carbons (Fsp3) is 0.961. The Morgan fingerprint density at radius 1 is 0.443 bits per heavy atom. The van der Waals surface area contributed by atoms with Gasteiger partial charge < -0.3 is 39.4 Å². The van der Waals surface area contributed by atoms with Crippen LogP contribution in [-0.4, -0.2) is 89.0 Å². The summed E-state index contributed by atoms with van der Waals surface area (Å²) in [4.78, 5) is 25.4. The summed E-state index contributed by atoms with van der Waals surface area (Å²) in [5.74, 6) is -0.786. The van der Waals surface area contributed by atoms with Crippen molar-refractivity contribution in [1.29, 1.82) is 0 Å². The van der Waals surface area contributed by atoms with Gasteiger partial charge in [0, 0.05) is 12.8 Å². The van der Waals surface area contributed by atoms with Gasteiger partial charge in [-0.15, -0.1) is 0 Å². The van der Waals surface area contributed by atoms with Crippen molar-refractivity contribution in [2.45, 2.75) is 295 Å². The molecule has 1 rings (SSSR count). The van der Waals surface area contributed by atoms with Crippen molar-refractivity contribution in [2.75, 3.05) is 19.8 Å². The van der Waals surface area contributed by atoms with Crippen LogP contribution in [0.3, 0.4) is 0 Å². The molecule has 10 nitrogen and oxygen atoms in total. The Morgan fingerprint density at radius 3 is 1.11 bits per heavy atom. The van der Waals surface area contributed by atoms with Crippen molar-refractivity contribution in [1.82, 2.24) is 0 Å². The molecule has 1 aliphatic heterocycles. The van der Waals surface area contributed by atoms with Crippen molar-refractivity contribution in [2.24, 2.45) is 0 Å². The van der Waals surface area contributed by atoms with Crippen LogP contribution in [-0.2, 0) is 28.5 Å². The number of rotatable bonds is 45. The minimum Gasteiger partial charge on any atom is -0.462 e. The first-order chi connectivity index (χ1) is 29.8. The summed E-state index contributed by atoms with van der Waals surface area (Å²) in [6.07, 6.45) is 38.3. The van der Waals surface area contributed by atoms with Gasteiger partial charge in [0.15, 0.2) is 12.4 Å². The van der Waals surface area contributed by atoms with Crippen LogP contribution >= 0.6 is 0 Å². The molecular formula is C51H98O10. The van der Waals surface area contributed by atoms with Crippen LogP contribution in [0.15, 0.2) is 0 Å². The van der Waals surface area contributed by atoms with Crippen molar-refractivity contribution < 1.29 is 49.0 Å². The van der Waals surface area contributed by atoms with Gasteiger partial charge in [0.05, 0.1) is 13.2 Å². The molecule has 10 heteroatoms. The molecule has 6 atom stereocenters. The van der Waals surface area contributed by atoms with E-state index in [1.807, 2.05) is 0 Å². The molecular weight excluding hydrogens is 773 g/mol. The Morgan fingerprint density at radius 2 is 0.770 bits per heavy atom. The first-order valence-corrected chi connectivity index (χ1v) is 26.1. The lowest BCUT2D eigenvalue weighted by molar-refractivity contribution is -0.305. The quantitative estimate of drug-likeness (QED) is 0.0344. The molecule has 0 aromatic heterocycles. The molecule has 0 radical (unpaired) electrons. The van der Waals surface area contributed by atoms with Crippen molar-refractivity contribution in [3.05, 3.63) is 0 Å². The maximum absolute atomic E-state index is 12.8. The Hall–Kier alpha value is -1.30. The van der Waals surface area contributed by atoms with Gasteiger partial charge in [-0.05, 0) is 12.8 Å². The van der Waals surface area contributed by atoms with Gasteiger partial charge in [0.1, 0.15) is 31.0 Å². The number of unbranched alkanes of at least 4 members (excludes halogenated alkanes) is 34. The van der Waals surface area contributed by atoms with Gasteiger partial charge in [-0.25, -0.2) is 0 Å². The van der Waals surface area contributed by atoms with Crippen LogP contribution in [0.25, 0.3) is 0 Å². The van der Waals surface area contributed by atoms with Crippen LogP contribution < -0.4 is 0 Å². The van der Waals surface area contributed by atoms with Gasteiger partial charge in [-0.3, -0.25) is 9.59 Å². The Labute approximate surface area is 374 Å². The molecule has 0 saturated carbocycles. The number of hydrogen-bond donors (Lipinski definition) is 4. The summed E-state index contributed by atoms with van der Waals surface area (Å²) >= 11 is 0. The summed E-state index contributed by atoms with van der Waals surface area (Å²) in [6, 6.07) is 0. The standard InChI is InChI=1S/C51H98O10/c1-3-5-7-9-11-13-15-17-19-20-21-22-23-24-26-28-30-32-34-36-38-40-47(54)60-44(43-59-51-50(57)49(56)48(55)45(41-52)61-51)42-58-46(53)39-37-35-33-31-29-27-25-18-16-14-12-10-8-6-4-2/h44-45,48-52,55-57H,3-43H2,1-2H3. The van der Waals surface area contributed by atoms with Crippen LogP contribution in [0, 0.1) is 0 Å². The lowest BCUT2D eigenvalue weighted by Crippen LogP contribution is -2.59. The Kier molecular flexibility index (Phi) is 40.3. The molecule has 1 heterocycles. The SMILES string of the molecule is CCCCCCCCCCCCCCCCCCCCCCCC(=O)OC(COC(=O)CCCCCCCCCCCCCCCCC)COC1OC(CO)C(O)C(O)C1O. The molecule has 1 aliphatic rings. The molecule has 1 saturated heterocycles. The second kappa shape index (κ2) is 42.6. The monoisotopic (exact) mass is 871 g/mol. The zero-order chi connectivity index (χ0) is 44.4. The van der Waals surface area contributed by atoms with Crippen molar-refractivity contribution in [3.8, 4) is 0 Å². The van der Waals surface area contributed by atoms with Gasteiger partial charge in [-0.2, -0.15) is 0 Å². The molecule has 0 bridgehead atoms. The molecule has 362 valence electrons. The van der Waals surface area contributed by atoms with Crippen LogP contribution in [0.4, 0.5) is 0 Å². The minimum atomic E-state index is -1.59. The number of aliphatic hydroxyl groups excluding tert-OH is 4. The maximum Gasteiger partial charge on any atom is 0.306 e. The molecule has 4 N–H and O–H groups in total. The van der Waals surface area contributed by atoms with Crippen molar-refractivity contribution >= 4 is 11.9 Å². The van der Waals surface area contributed by atoms with Crippen LogP contribution in [0.5, 0.6) is 0 Å². The van der Waals surface area contributed by atoms with Gasteiger partial charge in [-0.1, -0.05) is 232 Å². The third kappa shape index (κ3) is 33.8. The van der Waals surface area contributed by atoms with Crippen LogP contribution in [0.2, 0.25) is 0 Å². The molecule has 6 unspecified atom stereocenters. The lowest BCUT2D eigenvalue weighted by atomic mass is 9.99. The van der Waals surface area contributed by atoms with E-state index < -0.39 is 49.4 Å². The molecule has 0 spiro atoms. The first kappa shape index (κ1) is 57.7. The third-order valence-electron chi connectivity index (χ3n) is 12.5. The fourth-order valence-corrected chi connectivity index (χ4v) is 8.37. The molecule has 0 aliphatic carbocycles. The van der Waals surface area contributed by atoms with Crippen LogP contribution in [0.1, 0.15) is 258 Å². The summed E-state index contributed by atoms with van der Waals surface area (Å²) in [6.45, 7) is 3.48. The number of carbonyl (C=O) groups is 2. The highest BCUT2D eigenvalue weighted by Crippen LogP contribution is 2.23. The third-order valence-corrected chi connectivity index (χ3v) is 12.5. The van der Waals surface area contributed by atoms with Crippen molar-refractivity contribution in [3.63, 3.8) is 0 Å². The summed E-state index contributed by atoms with van der Waals surface area (Å²) < 4.78 is 22.3. The van der Waals surface area contributed by atoms with E-state index in [2.05, 4.69) is 13.8 Å². The molecule has 61 heavy (non-hydrogen) atoms. The van der Waals surface area contributed by atoms with Gasteiger partial charge >= 0.3 is 11.9 Å². The number of aliphatic hydroxyl groups is 4. The highest BCUT2D eigenvalue weighted by Gasteiger charge is 2.44. The Bertz CT molecular complexity index is 964. The second-order valence-electron chi connectivity index (χ2n) is 18.3. The zero-order valence-electron chi connectivity index (χ0n) is 39.7. The lowest BCUT2D eigenvalue weighted by Gasteiger charge is -2.39. The number of ether oxygens (including phenoxy) is 4. The smallest absolute Gasteiger partial charge is 0.306 e. The van der Waals surface area contributed by atoms with E-state index in [4.69, 9.17) is 18.9 Å². The highest BCUT2D eigenvalue weighted by atomic mass is 16.7. The van der Waals surface area contributed by atoms with E-state index in [1.165, 1.54) is 193 Å². The normalized spacial score (nSPS) is 19.6. The maximum atomic E-state index is 12.8. The number of hydrogen-bond acceptors (Lipinski definition) is 10. The Balaban J connectivity index is 2.22. The largest absolute Gasteiger partial charge is 0.462 e.